The number of nitrogens with two attached hydrogens (primary N) is 1. The average Bonchev–Trinajstić information content (AvgIpc) is 3.10. The van der Waals surface area contributed by atoms with Crippen LogP contribution in [0.15, 0.2) is 56.6 Å². The second-order valence-electron chi connectivity index (χ2n) is 7.51. The molecule has 3 N–H and O–H groups in total. The quantitative estimate of drug-likeness (QED) is 0.446. The Morgan fingerprint density at radius 2 is 2.06 bits per heavy atom. The minimum atomic E-state index is -0.554. The lowest BCUT2D eigenvalue weighted by atomic mass is 10.1. The molecule has 0 unspecified atom stereocenters. The van der Waals surface area contributed by atoms with Crippen LogP contribution in [0.1, 0.15) is 16.9 Å². The maximum atomic E-state index is 12.6. The molecule has 0 aliphatic heterocycles. The largest absolute Gasteiger partial charge is 0.459 e. The Balaban J connectivity index is 1.55. The number of hydrogen-bond acceptors (Lipinski definition) is 6. The number of aryl methyl sites for hydroxylation is 1. The molecule has 1 aromatic carbocycles. The number of carbonyl (C=O) groups is 1. The third-order valence-electron chi connectivity index (χ3n) is 5.33. The second-order valence-corrected chi connectivity index (χ2v) is 7.51. The standard InChI is InChI=1S/C23H23N5O4/c1-14-16-5-3-4-6-18(16)32-19(14)13-27(2)20(29)8-7-15-11-17-21(25-12-15)26-23(31)28(10-9-24)22(17)30/h3-8,11-12H,9-10,13,24H2,1-2H3,(H,25,26,31)/b8-7+. The summed E-state index contributed by atoms with van der Waals surface area (Å²) in [5.74, 6) is 0.499. The fourth-order valence-corrected chi connectivity index (χ4v) is 3.54. The van der Waals surface area contributed by atoms with Crippen LogP contribution in [-0.2, 0) is 17.9 Å². The molecule has 0 spiro atoms. The van der Waals surface area contributed by atoms with Gasteiger partial charge in [-0.05, 0) is 30.7 Å². The molecule has 32 heavy (non-hydrogen) atoms. The minimum Gasteiger partial charge on any atom is -0.459 e. The number of nitrogens with one attached hydrogen (secondary N) is 1. The molecule has 0 aliphatic carbocycles. The van der Waals surface area contributed by atoms with E-state index in [4.69, 9.17) is 10.2 Å². The van der Waals surface area contributed by atoms with Crippen molar-refractivity contribution in [2.24, 2.45) is 5.73 Å². The van der Waals surface area contributed by atoms with Gasteiger partial charge in [-0.2, -0.15) is 0 Å². The van der Waals surface area contributed by atoms with Gasteiger partial charge in [-0.15, -0.1) is 0 Å². The van der Waals surface area contributed by atoms with E-state index in [0.717, 1.165) is 26.9 Å². The summed E-state index contributed by atoms with van der Waals surface area (Å²) in [5, 5.41) is 1.28. The molecule has 0 saturated heterocycles. The van der Waals surface area contributed by atoms with Crippen LogP contribution in [0.2, 0.25) is 0 Å². The maximum Gasteiger partial charge on any atom is 0.330 e. The number of carbonyl (C=O) groups excluding carboxylic acids is 1. The van der Waals surface area contributed by atoms with Gasteiger partial charge in [0.05, 0.1) is 11.9 Å². The van der Waals surface area contributed by atoms with E-state index in [1.807, 2.05) is 31.2 Å². The summed E-state index contributed by atoms with van der Waals surface area (Å²) in [5.41, 5.74) is 7.00. The molecule has 0 bridgehead atoms. The number of aromatic amines is 1. The molecule has 0 radical (unpaired) electrons. The Labute approximate surface area is 182 Å². The van der Waals surface area contributed by atoms with Gasteiger partial charge in [0, 0.05) is 43.4 Å². The van der Waals surface area contributed by atoms with E-state index in [-0.39, 0.29) is 30.0 Å². The topological polar surface area (TPSA) is 127 Å². The minimum absolute atomic E-state index is 0.106. The Morgan fingerprint density at radius 3 is 2.81 bits per heavy atom. The molecule has 4 rings (SSSR count). The first-order valence-corrected chi connectivity index (χ1v) is 10.1. The van der Waals surface area contributed by atoms with E-state index in [1.165, 1.54) is 12.3 Å². The van der Waals surface area contributed by atoms with Crippen LogP contribution >= 0.6 is 0 Å². The van der Waals surface area contributed by atoms with Crippen LogP contribution in [0.5, 0.6) is 0 Å². The van der Waals surface area contributed by atoms with Crippen LogP contribution < -0.4 is 17.0 Å². The van der Waals surface area contributed by atoms with Crippen molar-refractivity contribution in [2.45, 2.75) is 20.0 Å². The molecule has 3 heterocycles. The van der Waals surface area contributed by atoms with Gasteiger partial charge in [-0.3, -0.25) is 19.1 Å². The average molecular weight is 433 g/mol. The summed E-state index contributed by atoms with van der Waals surface area (Å²) in [6.45, 7) is 2.56. The molecule has 164 valence electrons. The molecule has 0 atom stereocenters. The first-order chi connectivity index (χ1) is 15.4. The number of aromatic nitrogens is 3. The van der Waals surface area contributed by atoms with Gasteiger partial charge >= 0.3 is 5.69 Å². The smallest absolute Gasteiger partial charge is 0.330 e. The Kier molecular flexibility index (Phi) is 5.74. The van der Waals surface area contributed by atoms with E-state index < -0.39 is 11.2 Å². The third kappa shape index (κ3) is 3.97. The Hall–Kier alpha value is -3.98. The molecule has 3 aromatic heterocycles. The van der Waals surface area contributed by atoms with Crippen molar-refractivity contribution in [1.82, 2.24) is 19.4 Å². The van der Waals surface area contributed by atoms with Crippen LogP contribution in [0, 0.1) is 6.92 Å². The van der Waals surface area contributed by atoms with E-state index in [0.29, 0.717) is 12.1 Å². The number of furan rings is 1. The summed E-state index contributed by atoms with van der Waals surface area (Å²) in [4.78, 5) is 45.4. The molecular formula is C23H23N5O4. The fourth-order valence-electron chi connectivity index (χ4n) is 3.54. The molecule has 0 aliphatic rings. The number of likely N-dealkylation sites (N-methyl/N-ethyl adjacent to an activating group) is 1. The van der Waals surface area contributed by atoms with Gasteiger partial charge in [0.25, 0.3) is 5.56 Å². The number of benzene rings is 1. The summed E-state index contributed by atoms with van der Waals surface area (Å²) in [7, 11) is 1.69. The van der Waals surface area contributed by atoms with Gasteiger partial charge in [0.15, 0.2) is 0 Å². The molecule has 0 saturated carbocycles. The number of amides is 1. The van der Waals surface area contributed by atoms with Crippen LogP contribution in [0.4, 0.5) is 0 Å². The Morgan fingerprint density at radius 1 is 1.28 bits per heavy atom. The second kappa shape index (κ2) is 8.64. The number of fused-ring (bicyclic) bond motifs is 2. The molecule has 9 heteroatoms. The first-order valence-electron chi connectivity index (χ1n) is 10.1. The monoisotopic (exact) mass is 433 g/mol. The molecular weight excluding hydrogens is 410 g/mol. The Bertz CT molecular complexity index is 1460. The predicted molar refractivity (Wildman–Crippen MR) is 122 cm³/mol. The van der Waals surface area contributed by atoms with Crippen LogP contribution in [0.3, 0.4) is 0 Å². The molecule has 0 fully saturated rings. The summed E-state index contributed by atoms with van der Waals surface area (Å²) in [6, 6.07) is 9.33. The highest BCUT2D eigenvalue weighted by molar-refractivity contribution is 5.92. The van der Waals surface area contributed by atoms with Crippen molar-refractivity contribution >= 4 is 34.0 Å². The number of para-hydroxylation sites is 1. The van der Waals surface area contributed by atoms with Gasteiger partial charge in [0.2, 0.25) is 5.91 Å². The lowest BCUT2D eigenvalue weighted by Gasteiger charge is -2.13. The first kappa shape index (κ1) is 21.3. The van der Waals surface area contributed by atoms with E-state index in [2.05, 4.69) is 9.97 Å². The maximum absolute atomic E-state index is 12.6. The summed E-state index contributed by atoms with van der Waals surface area (Å²) in [6.07, 6.45) is 4.47. The van der Waals surface area contributed by atoms with Crippen LogP contribution in [-0.4, -0.2) is 38.9 Å². The van der Waals surface area contributed by atoms with Gasteiger partial charge < -0.3 is 15.1 Å². The highest BCUT2D eigenvalue weighted by Gasteiger charge is 2.14. The van der Waals surface area contributed by atoms with Crippen molar-refractivity contribution in [2.75, 3.05) is 13.6 Å². The lowest BCUT2D eigenvalue weighted by molar-refractivity contribution is -0.125. The van der Waals surface area contributed by atoms with E-state index in [9.17, 15) is 14.4 Å². The molecule has 9 nitrogen and oxygen atoms in total. The zero-order valence-electron chi connectivity index (χ0n) is 17.8. The van der Waals surface area contributed by atoms with Gasteiger partial charge in [-0.25, -0.2) is 9.78 Å². The molecule has 4 aromatic rings. The normalized spacial score (nSPS) is 11.6. The summed E-state index contributed by atoms with van der Waals surface area (Å²) >= 11 is 0. The zero-order chi connectivity index (χ0) is 22.8. The van der Waals surface area contributed by atoms with Gasteiger partial charge in [0.1, 0.15) is 17.0 Å². The van der Waals surface area contributed by atoms with Crippen molar-refractivity contribution in [3.05, 3.63) is 80.3 Å². The van der Waals surface area contributed by atoms with Crippen molar-refractivity contribution in [3.8, 4) is 0 Å². The lowest BCUT2D eigenvalue weighted by Crippen LogP contribution is -2.37. The summed E-state index contributed by atoms with van der Waals surface area (Å²) < 4.78 is 6.92. The van der Waals surface area contributed by atoms with Crippen molar-refractivity contribution < 1.29 is 9.21 Å². The SMILES string of the molecule is Cc1c(CN(C)C(=O)/C=C/c2cnc3[nH]c(=O)n(CCN)c(=O)c3c2)oc2ccccc12. The van der Waals surface area contributed by atoms with Crippen molar-refractivity contribution in [1.29, 1.82) is 0 Å². The highest BCUT2D eigenvalue weighted by Crippen LogP contribution is 2.25. The van der Waals surface area contributed by atoms with Gasteiger partial charge in [-0.1, -0.05) is 18.2 Å². The van der Waals surface area contributed by atoms with E-state index >= 15 is 0 Å². The number of H-pyrrole nitrogens is 1. The zero-order valence-corrected chi connectivity index (χ0v) is 17.8. The number of rotatable bonds is 6. The van der Waals surface area contributed by atoms with Crippen LogP contribution in [0.25, 0.3) is 28.1 Å². The van der Waals surface area contributed by atoms with E-state index in [1.54, 1.807) is 24.1 Å². The number of hydrogen-bond donors (Lipinski definition) is 2. The molecule has 1 amide bonds. The fraction of sp³-hybridized carbons (Fsp3) is 0.217. The number of nitrogens with zero attached hydrogens (tertiary/aromatic N) is 3. The number of pyridine rings is 1. The predicted octanol–water partition coefficient (Wildman–Crippen LogP) is 1.77. The van der Waals surface area contributed by atoms with Crippen molar-refractivity contribution in [3.63, 3.8) is 0 Å². The highest BCUT2D eigenvalue weighted by atomic mass is 16.3. The third-order valence-corrected chi connectivity index (χ3v) is 5.33.